The molecule has 1 aliphatic rings. The Kier molecular flexibility index (Phi) is 3.57. The zero-order valence-electron chi connectivity index (χ0n) is 11.0. The fraction of sp³-hybridized carbons (Fsp3) is 0.500. The van der Waals surface area contributed by atoms with E-state index in [4.69, 9.17) is 10.5 Å². The van der Waals surface area contributed by atoms with Crippen molar-refractivity contribution in [3.8, 4) is 0 Å². The molecule has 2 rings (SSSR count). The van der Waals surface area contributed by atoms with Gasteiger partial charge in [-0.3, -0.25) is 4.90 Å². The molecule has 0 saturated carbocycles. The molecular formula is C14H20N2O2. The number of rotatable bonds is 4. The van der Waals surface area contributed by atoms with Gasteiger partial charge in [0, 0.05) is 13.0 Å². The van der Waals surface area contributed by atoms with Gasteiger partial charge in [0.05, 0.1) is 6.54 Å². The number of carbonyl (C=O) groups excluding carboxylic acids is 1. The summed E-state index contributed by atoms with van der Waals surface area (Å²) in [6.07, 6.45) is 0.456. The van der Waals surface area contributed by atoms with Gasteiger partial charge in [-0.05, 0) is 31.5 Å². The Balaban J connectivity index is 2.07. The lowest BCUT2D eigenvalue weighted by atomic mass is 10.0. The Morgan fingerprint density at radius 1 is 1.44 bits per heavy atom. The molecule has 2 N–H and O–H groups in total. The predicted molar refractivity (Wildman–Crippen MR) is 70.1 cm³/mol. The Hall–Kier alpha value is -1.55. The van der Waals surface area contributed by atoms with E-state index >= 15 is 0 Å². The van der Waals surface area contributed by atoms with E-state index in [1.165, 1.54) is 5.56 Å². The van der Waals surface area contributed by atoms with Crippen molar-refractivity contribution in [3.05, 3.63) is 35.4 Å². The highest BCUT2D eigenvalue weighted by Crippen LogP contribution is 2.27. The van der Waals surface area contributed by atoms with Crippen molar-refractivity contribution < 1.29 is 9.53 Å². The summed E-state index contributed by atoms with van der Waals surface area (Å²) < 4.78 is 5.42. The minimum Gasteiger partial charge on any atom is -0.441 e. The number of amides is 1. The number of nitrogens with zero attached hydrogens (tertiary/aromatic N) is 1. The fourth-order valence-electron chi connectivity index (χ4n) is 2.32. The van der Waals surface area contributed by atoms with Crippen molar-refractivity contribution >= 4 is 6.09 Å². The molecule has 1 aliphatic heterocycles. The van der Waals surface area contributed by atoms with Gasteiger partial charge in [-0.1, -0.05) is 24.3 Å². The first-order valence-corrected chi connectivity index (χ1v) is 6.26. The van der Waals surface area contributed by atoms with Crippen molar-refractivity contribution in [3.63, 3.8) is 0 Å². The van der Waals surface area contributed by atoms with Crippen LogP contribution in [0.1, 0.15) is 24.5 Å². The molecule has 0 bridgehead atoms. The van der Waals surface area contributed by atoms with Crippen molar-refractivity contribution in [2.24, 2.45) is 5.73 Å². The van der Waals surface area contributed by atoms with Gasteiger partial charge in [0.25, 0.3) is 0 Å². The predicted octanol–water partition coefficient (Wildman–Crippen LogP) is 2.05. The molecule has 98 valence electrons. The highest BCUT2D eigenvalue weighted by atomic mass is 16.6. The summed E-state index contributed by atoms with van der Waals surface area (Å²) in [6.45, 7) is 5.73. The van der Waals surface area contributed by atoms with Gasteiger partial charge < -0.3 is 10.5 Å². The van der Waals surface area contributed by atoms with E-state index in [0.29, 0.717) is 26.1 Å². The molecule has 0 aromatic heterocycles. The molecule has 1 atom stereocenters. The number of cyclic esters (lactones) is 1. The van der Waals surface area contributed by atoms with Crippen LogP contribution in [0.3, 0.4) is 0 Å². The first-order chi connectivity index (χ1) is 8.54. The second-order valence-electron chi connectivity index (χ2n) is 5.14. The van der Waals surface area contributed by atoms with E-state index in [2.05, 4.69) is 13.0 Å². The molecule has 1 saturated heterocycles. The summed E-state index contributed by atoms with van der Waals surface area (Å²) in [4.78, 5) is 13.6. The number of carbonyl (C=O) groups is 1. The molecule has 1 unspecified atom stereocenters. The van der Waals surface area contributed by atoms with Gasteiger partial charge in [0.15, 0.2) is 0 Å². The van der Waals surface area contributed by atoms with Crippen molar-refractivity contribution in [2.45, 2.75) is 32.4 Å². The minimum absolute atomic E-state index is 0.241. The van der Waals surface area contributed by atoms with Gasteiger partial charge in [-0.25, -0.2) is 4.79 Å². The first kappa shape index (κ1) is 12.9. The highest BCUT2D eigenvalue weighted by molar-refractivity contribution is 5.70. The summed E-state index contributed by atoms with van der Waals surface area (Å²) in [5, 5.41) is 0. The number of nitrogens with two attached hydrogens (primary N) is 1. The van der Waals surface area contributed by atoms with E-state index in [1.807, 2.05) is 25.1 Å². The number of benzene rings is 1. The van der Waals surface area contributed by atoms with Gasteiger partial charge in [-0.15, -0.1) is 0 Å². The summed E-state index contributed by atoms with van der Waals surface area (Å²) in [6, 6.07) is 8.08. The fourth-order valence-corrected chi connectivity index (χ4v) is 2.32. The molecule has 1 fully saturated rings. The van der Waals surface area contributed by atoms with Gasteiger partial charge >= 0.3 is 6.09 Å². The van der Waals surface area contributed by atoms with E-state index in [-0.39, 0.29) is 6.09 Å². The Bertz CT molecular complexity index is 447. The third-order valence-corrected chi connectivity index (χ3v) is 3.41. The number of ether oxygens (including phenoxy) is 1. The standard InChI is InChI=1S/C14H20N2O2/c1-11-5-3-4-6-12(11)9-16-10-14(2,7-8-15)18-13(16)17/h3-6H,7-10,15H2,1-2H3. The molecule has 1 aromatic rings. The summed E-state index contributed by atoms with van der Waals surface area (Å²) in [5.74, 6) is 0. The Labute approximate surface area is 108 Å². The van der Waals surface area contributed by atoms with E-state index in [0.717, 1.165) is 5.56 Å². The van der Waals surface area contributed by atoms with Crippen LogP contribution in [-0.4, -0.2) is 29.7 Å². The lowest BCUT2D eigenvalue weighted by Gasteiger charge is -2.20. The van der Waals surface area contributed by atoms with E-state index < -0.39 is 5.60 Å². The van der Waals surface area contributed by atoms with Gasteiger partial charge in [0.2, 0.25) is 0 Å². The monoisotopic (exact) mass is 248 g/mol. The zero-order valence-corrected chi connectivity index (χ0v) is 11.0. The molecule has 4 heteroatoms. The van der Waals surface area contributed by atoms with Crippen molar-refractivity contribution in [1.29, 1.82) is 0 Å². The molecule has 4 nitrogen and oxygen atoms in total. The third kappa shape index (κ3) is 2.64. The summed E-state index contributed by atoms with van der Waals surface area (Å²) in [7, 11) is 0. The average Bonchev–Trinajstić information content (AvgIpc) is 2.57. The maximum Gasteiger partial charge on any atom is 0.410 e. The van der Waals surface area contributed by atoms with Gasteiger partial charge in [-0.2, -0.15) is 0 Å². The quantitative estimate of drug-likeness (QED) is 0.887. The molecule has 0 aliphatic carbocycles. The highest BCUT2D eigenvalue weighted by Gasteiger charge is 2.40. The number of aryl methyl sites for hydroxylation is 1. The lowest BCUT2D eigenvalue weighted by molar-refractivity contribution is 0.0669. The van der Waals surface area contributed by atoms with Crippen LogP contribution in [0.4, 0.5) is 4.79 Å². The third-order valence-electron chi connectivity index (χ3n) is 3.41. The SMILES string of the molecule is Cc1ccccc1CN1CC(C)(CCN)OC1=O. The van der Waals surface area contributed by atoms with Gasteiger partial charge in [0.1, 0.15) is 5.60 Å². The van der Waals surface area contributed by atoms with Crippen LogP contribution >= 0.6 is 0 Å². The first-order valence-electron chi connectivity index (χ1n) is 6.26. The number of hydrogen-bond donors (Lipinski definition) is 1. The van der Waals surface area contributed by atoms with Crippen LogP contribution in [-0.2, 0) is 11.3 Å². The van der Waals surface area contributed by atoms with Crippen LogP contribution in [0, 0.1) is 6.92 Å². The lowest BCUT2D eigenvalue weighted by Crippen LogP contribution is -2.33. The molecule has 1 amide bonds. The van der Waals surface area contributed by atoms with Crippen LogP contribution in [0.5, 0.6) is 0 Å². The van der Waals surface area contributed by atoms with E-state index in [9.17, 15) is 4.79 Å². The second-order valence-corrected chi connectivity index (χ2v) is 5.14. The van der Waals surface area contributed by atoms with Crippen LogP contribution in [0.25, 0.3) is 0 Å². The second kappa shape index (κ2) is 4.98. The minimum atomic E-state index is -0.436. The average molecular weight is 248 g/mol. The molecule has 1 heterocycles. The zero-order chi connectivity index (χ0) is 13.2. The molecule has 0 spiro atoms. The molecule has 0 radical (unpaired) electrons. The maximum atomic E-state index is 11.8. The normalized spacial score (nSPS) is 23.3. The smallest absolute Gasteiger partial charge is 0.410 e. The molecule has 1 aromatic carbocycles. The Morgan fingerprint density at radius 2 is 2.17 bits per heavy atom. The van der Waals surface area contributed by atoms with Crippen LogP contribution < -0.4 is 5.73 Å². The molecular weight excluding hydrogens is 228 g/mol. The van der Waals surface area contributed by atoms with Crippen molar-refractivity contribution in [1.82, 2.24) is 4.90 Å². The largest absolute Gasteiger partial charge is 0.441 e. The van der Waals surface area contributed by atoms with E-state index in [1.54, 1.807) is 4.90 Å². The maximum absolute atomic E-state index is 11.8. The summed E-state index contributed by atoms with van der Waals surface area (Å²) in [5.41, 5.74) is 7.47. The molecule has 18 heavy (non-hydrogen) atoms. The summed E-state index contributed by atoms with van der Waals surface area (Å²) >= 11 is 0. The van der Waals surface area contributed by atoms with Crippen molar-refractivity contribution in [2.75, 3.05) is 13.1 Å². The Morgan fingerprint density at radius 3 is 2.83 bits per heavy atom. The number of hydrogen-bond acceptors (Lipinski definition) is 3. The topological polar surface area (TPSA) is 55.6 Å². The van der Waals surface area contributed by atoms with Crippen LogP contribution in [0.2, 0.25) is 0 Å². The van der Waals surface area contributed by atoms with Crippen LogP contribution in [0.15, 0.2) is 24.3 Å².